The summed E-state index contributed by atoms with van der Waals surface area (Å²) < 4.78 is 0. The molecule has 0 amide bonds. The number of rotatable bonds is 5. The summed E-state index contributed by atoms with van der Waals surface area (Å²) in [4.78, 5) is 4.04. The molecule has 15 heavy (non-hydrogen) atoms. The van der Waals surface area contributed by atoms with Crippen molar-refractivity contribution in [3.8, 4) is 0 Å². The van der Waals surface area contributed by atoms with Crippen molar-refractivity contribution in [1.82, 2.24) is 10.3 Å². The van der Waals surface area contributed by atoms with E-state index in [1.54, 1.807) is 0 Å². The average Bonchev–Trinajstić information content (AvgIpc) is 2.25. The molecule has 0 spiro atoms. The van der Waals surface area contributed by atoms with Gasteiger partial charge in [-0.05, 0) is 44.5 Å². The smallest absolute Gasteiger partial charge is 0.0509 e. The van der Waals surface area contributed by atoms with Gasteiger partial charge in [0, 0.05) is 12.4 Å². The molecule has 0 fully saturated rings. The van der Waals surface area contributed by atoms with Crippen LogP contribution in [0.4, 0.5) is 0 Å². The molecular weight excluding hydrogens is 184 g/mol. The largest absolute Gasteiger partial charge is 0.307 e. The van der Waals surface area contributed by atoms with Gasteiger partial charge in [-0.1, -0.05) is 18.6 Å². The lowest BCUT2D eigenvalue weighted by Crippen LogP contribution is -2.20. The number of hydrogen-bond acceptors (Lipinski definition) is 2. The summed E-state index contributed by atoms with van der Waals surface area (Å²) in [5, 5.41) is 3.51. The lowest BCUT2D eigenvalue weighted by molar-refractivity contribution is 0.609. The molecule has 0 aliphatic carbocycles. The molecule has 0 bridgehead atoms. The molecule has 1 unspecified atom stereocenters. The van der Waals surface area contributed by atoms with E-state index in [2.05, 4.69) is 49.3 Å². The van der Waals surface area contributed by atoms with Crippen molar-refractivity contribution in [2.75, 3.05) is 6.54 Å². The van der Waals surface area contributed by atoms with E-state index in [0.29, 0.717) is 6.04 Å². The van der Waals surface area contributed by atoms with E-state index in [0.717, 1.165) is 13.0 Å². The van der Waals surface area contributed by atoms with E-state index in [9.17, 15) is 0 Å². The van der Waals surface area contributed by atoms with Gasteiger partial charge in [0.05, 0.1) is 6.04 Å². The zero-order chi connectivity index (χ0) is 11.1. The van der Waals surface area contributed by atoms with Crippen LogP contribution in [-0.2, 0) is 0 Å². The fourth-order valence-corrected chi connectivity index (χ4v) is 1.48. The Morgan fingerprint density at radius 1 is 1.40 bits per heavy atom. The number of nitrogens with zero attached hydrogens (tertiary/aromatic N) is 1. The van der Waals surface area contributed by atoms with Gasteiger partial charge in [-0.3, -0.25) is 4.98 Å². The van der Waals surface area contributed by atoms with Crippen LogP contribution in [0.5, 0.6) is 0 Å². The van der Waals surface area contributed by atoms with E-state index in [1.165, 1.54) is 11.1 Å². The van der Waals surface area contributed by atoms with Crippen LogP contribution in [0.1, 0.15) is 38.8 Å². The first-order valence-electron chi connectivity index (χ1n) is 5.52. The molecular formula is C13H20N2. The second-order valence-electron chi connectivity index (χ2n) is 3.96. The van der Waals surface area contributed by atoms with Crippen molar-refractivity contribution >= 4 is 0 Å². The molecule has 2 heteroatoms. The van der Waals surface area contributed by atoms with Gasteiger partial charge in [0.2, 0.25) is 0 Å². The molecule has 1 aromatic rings. The Morgan fingerprint density at radius 2 is 2.07 bits per heavy atom. The molecule has 1 rings (SSSR count). The standard InChI is InChI=1S/C13H20N2/c1-4-7-15-13(10-11(2)3)12-5-8-14-9-6-12/h5-6,8-10,13,15H,4,7H2,1-3H3. The summed E-state index contributed by atoms with van der Waals surface area (Å²) in [6.45, 7) is 7.47. The maximum absolute atomic E-state index is 4.04. The van der Waals surface area contributed by atoms with Crippen molar-refractivity contribution in [2.45, 2.75) is 33.2 Å². The molecule has 1 atom stereocenters. The van der Waals surface area contributed by atoms with Crippen molar-refractivity contribution in [2.24, 2.45) is 0 Å². The van der Waals surface area contributed by atoms with Crippen LogP contribution in [0.15, 0.2) is 36.2 Å². The topological polar surface area (TPSA) is 24.9 Å². The van der Waals surface area contributed by atoms with Gasteiger partial charge in [-0.15, -0.1) is 0 Å². The Balaban J connectivity index is 2.77. The number of allylic oxidation sites excluding steroid dienone is 1. The first-order chi connectivity index (χ1) is 7.24. The highest BCUT2D eigenvalue weighted by Crippen LogP contribution is 2.14. The Labute approximate surface area is 92.4 Å². The molecule has 2 nitrogen and oxygen atoms in total. The van der Waals surface area contributed by atoms with Gasteiger partial charge in [0.15, 0.2) is 0 Å². The zero-order valence-electron chi connectivity index (χ0n) is 9.83. The van der Waals surface area contributed by atoms with E-state index in [-0.39, 0.29) is 0 Å². The highest BCUT2D eigenvalue weighted by atomic mass is 14.9. The summed E-state index contributed by atoms with van der Waals surface area (Å²) >= 11 is 0. The maximum Gasteiger partial charge on any atom is 0.0509 e. The van der Waals surface area contributed by atoms with Gasteiger partial charge < -0.3 is 5.32 Å². The Kier molecular flexibility index (Phi) is 5.05. The van der Waals surface area contributed by atoms with Crippen LogP contribution in [-0.4, -0.2) is 11.5 Å². The van der Waals surface area contributed by atoms with Crippen LogP contribution in [0.3, 0.4) is 0 Å². The molecule has 1 heterocycles. The highest BCUT2D eigenvalue weighted by molar-refractivity contribution is 5.21. The van der Waals surface area contributed by atoms with E-state index >= 15 is 0 Å². The monoisotopic (exact) mass is 204 g/mol. The Bertz CT molecular complexity index is 300. The molecule has 0 saturated carbocycles. The third-order valence-corrected chi connectivity index (χ3v) is 2.18. The predicted molar refractivity (Wildman–Crippen MR) is 64.7 cm³/mol. The summed E-state index contributed by atoms with van der Waals surface area (Å²) in [6, 6.07) is 4.44. The average molecular weight is 204 g/mol. The number of nitrogens with one attached hydrogen (secondary N) is 1. The Morgan fingerprint density at radius 3 is 2.60 bits per heavy atom. The molecule has 0 aliphatic heterocycles. The minimum atomic E-state index is 0.318. The van der Waals surface area contributed by atoms with E-state index in [1.807, 2.05) is 12.4 Å². The van der Waals surface area contributed by atoms with Gasteiger partial charge in [0.25, 0.3) is 0 Å². The van der Waals surface area contributed by atoms with Gasteiger partial charge in [-0.25, -0.2) is 0 Å². The fraction of sp³-hybridized carbons (Fsp3) is 0.462. The first-order valence-corrected chi connectivity index (χ1v) is 5.52. The van der Waals surface area contributed by atoms with Gasteiger partial charge in [-0.2, -0.15) is 0 Å². The van der Waals surface area contributed by atoms with Crippen molar-refractivity contribution < 1.29 is 0 Å². The second kappa shape index (κ2) is 6.36. The molecule has 0 saturated heterocycles. The highest BCUT2D eigenvalue weighted by Gasteiger charge is 2.06. The van der Waals surface area contributed by atoms with E-state index in [4.69, 9.17) is 0 Å². The number of hydrogen-bond donors (Lipinski definition) is 1. The minimum Gasteiger partial charge on any atom is -0.307 e. The van der Waals surface area contributed by atoms with Crippen molar-refractivity contribution in [3.63, 3.8) is 0 Å². The fourth-order valence-electron chi connectivity index (χ4n) is 1.48. The summed E-state index contributed by atoms with van der Waals surface area (Å²) in [6.07, 6.45) is 7.09. The third-order valence-electron chi connectivity index (χ3n) is 2.18. The first kappa shape index (κ1) is 11.9. The molecule has 0 radical (unpaired) electrons. The Hall–Kier alpha value is -1.15. The summed E-state index contributed by atoms with van der Waals surface area (Å²) in [7, 11) is 0. The van der Waals surface area contributed by atoms with Crippen molar-refractivity contribution in [3.05, 3.63) is 41.7 Å². The van der Waals surface area contributed by atoms with Crippen LogP contribution in [0, 0.1) is 0 Å². The van der Waals surface area contributed by atoms with Crippen LogP contribution in [0.2, 0.25) is 0 Å². The lowest BCUT2D eigenvalue weighted by Gasteiger charge is -2.15. The minimum absolute atomic E-state index is 0.318. The molecule has 0 aromatic carbocycles. The van der Waals surface area contributed by atoms with E-state index < -0.39 is 0 Å². The zero-order valence-corrected chi connectivity index (χ0v) is 9.83. The predicted octanol–water partition coefficient (Wildman–Crippen LogP) is 3.09. The molecule has 1 N–H and O–H groups in total. The number of aromatic nitrogens is 1. The molecule has 82 valence electrons. The van der Waals surface area contributed by atoms with Crippen LogP contribution < -0.4 is 5.32 Å². The normalized spacial score (nSPS) is 12.2. The van der Waals surface area contributed by atoms with Crippen molar-refractivity contribution in [1.29, 1.82) is 0 Å². The lowest BCUT2D eigenvalue weighted by atomic mass is 10.1. The quantitative estimate of drug-likeness (QED) is 0.745. The van der Waals surface area contributed by atoms with Gasteiger partial charge in [0.1, 0.15) is 0 Å². The molecule has 1 aromatic heterocycles. The number of pyridine rings is 1. The summed E-state index contributed by atoms with van der Waals surface area (Å²) in [5.41, 5.74) is 2.61. The van der Waals surface area contributed by atoms with Crippen LogP contribution >= 0.6 is 0 Å². The van der Waals surface area contributed by atoms with Crippen LogP contribution in [0.25, 0.3) is 0 Å². The SMILES string of the molecule is CCCNC(C=C(C)C)c1ccncc1. The van der Waals surface area contributed by atoms with Gasteiger partial charge >= 0.3 is 0 Å². The second-order valence-corrected chi connectivity index (χ2v) is 3.96. The third kappa shape index (κ3) is 4.26. The summed E-state index contributed by atoms with van der Waals surface area (Å²) in [5.74, 6) is 0. The maximum atomic E-state index is 4.04. The molecule has 0 aliphatic rings.